The number of aliphatic hydroxyl groups is 1. The molecule has 96 valence electrons. The van der Waals surface area contributed by atoms with E-state index in [1.54, 1.807) is 12.1 Å². The van der Waals surface area contributed by atoms with Gasteiger partial charge in [0.2, 0.25) is 0 Å². The van der Waals surface area contributed by atoms with Crippen LogP contribution >= 0.6 is 23.2 Å². The number of halogens is 2. The van der Waals surface area contributed by atoms with Gasteiger partial charge in [0.25, 0.3) is 0 Å². The topological polar surface area (TPSA) is 33.4 Å². The molecule has 3 rings (SSSR count). The molecule has 0 aliphatic rings. The van der Waals surface area contributed by atoms with Gasteiger partial charge in [0.1, 0.15) is 5.76 Å². The third kappa shape index (κ3) is 2.23. The molecule has 19 heavy (non-hydrogen) atoms. The average molecular weight is 293 g/mol. The van der Waals surface area contributed by atoms with Crippen LogP contribution in [0.3, 0.4) is 0 Å². The summed E-state index contributed by atoms with van der Waals surface area (Å²) in [4.78, 5) is 0. The van der Waals surface area contributed by atoms with Gasteiger partial charge in [-0.15, -0.1) is 0 Å². The molecule has 0 spiro atoms. The maximum atomic E-state index is 9.36. The Labute approximate surface area is 120 Å². The predicted octanol–water partition coefficient (Wildman–Crippen LogP) is 4.90. The van der Waals surface area contributed by atoms with Crippen LogP contribution in [0.15, 0.2) is 46.9 Å². The second kappa shape index (κ2) is 4.89. The van der Waals surface area contributed by atoms with E-state index in [1.807, 2.05) is 30.3 Å². The van der Waals surface area contributed by atoms with Gasteiger partial charge in [0.05, 0.1) is 11.6 Å². The lowest BCUT2D eigenvalue weighted by atomic mass is 10.1. The SMILES string of the molecule is OCc1ccccc1-c1cc2cc(Cl)cc(Cl)c2o1. The molecule has 4 heteroatoms. The number of rotatable bonds is 2. The van der Waals surface area contributed by atoms with Crippen LogP contribution in [0.5, 0.6) is 0 Å². The van der Waals surface area contributed by atoms with E-state index in [0.717, 1.165) is 16.5 Å². The Bertz CT molecular complexity index is 747. The summed E-state index contributed by atoms with van der Waals surface area (Å²) in [5.74, 6) is 0.670. The highest BCUT2D eigenvalue weighted by Crippen LogP contribution is 2.35. The Kier molecular flexibility index (Phi) is 3.23. The summed E-state index contributed by atoms with van der Waals surface area (Å²) >= 11 is 12.1. The average Bonchev–Trinajstić information content (AvgIpc) is 2.82. The van der Waals surface area contributed by atoms with Crippen molar-refractivity contribution in [1.29, 1.82) is 0 Å². The van der Waals surface area contributed by atoms with E-state index in [2.05, 4.69) is 0 Å². The van der Waals surface area contributed by atoms with Crippen molar-refractivity contribution in [2.75, 3.05) is 0 Å². The Balaban J connectivity index is 2.23. The molecule has 0 bridgehead atoms. The zero-order valence-electron chi connectivity index (χ0n) is 9.86. The number of benzene rings is 2. The molecule has 0 aliphatic carbocycles. The lowest BCUT2D eigenvalue weighted by Gasteiger charge is -2.03. The predicted molar refractivity (Wildman–Crippen MR) is 77.6 cm³/mol. The molecule has 0 saturated carbocycles. The second-order valence-corrected chi connectivity index (χ2v) is 5.08. The third-order valence-electron chi connectivity index (χ3n) is 2.99. The summed E-state index contributed by atoms with van der Waals surface area (Å²) < 4.78 is 5.78. The van der Waals surface area contributed by atoms with Crippen LogP contribution in [0.4, 0.5) is 0 Å². The van der Waals surface area contributed by atoms with Gasteiger partial charge in [-0.3, -0.25) is 0 Å². The van der Waals surface area contributed by atoms with Crippen LogP contribution in [-0.2, 0) is 6.61 Å². The fourth-order valence-corrected chi connectivity index (χ4v) is 2.65. The molecule has 1 aromatic heterocycles. The molecule has 0 fully saturated rings. The number of fused-ring (bicyclic) bond motifs is 1. The molecule has 0 radical (unpaired) electrons. The fourth-order valence-electron chi connectivity index (χ4n) is 2.11. The molecule has 0 saturated heterocycles. The van der Waals surface area contributed by atoms with Crippen LogP contribution in [0, 0.1) is 0 Å². The molecular formula is C15H10Cl2O2. The van der Waals surface area contributed by atoms with E-state index >= 15 is 0 Å². The van der Waals surface area contributed by atoms with Gasteiger partial charge in [-0.1, -0.05) is 47.5 Å². The van der Waals surface area contributed by atoms with Crippen LogP contribution < -0.4 is 0 Å². The zero-order valence-corrected chi connectivity index (χ0v) is 11.4. The minimum absolute atomic E-state index is 0.0400. The van der Waals surface area contributed by atoms with Gasteiger partial charge in [-0.25, -0.2) is 0 Å². The van der Waals surface area contributed by atoms with E-state index in [9.17, 15) is 5.11 Å². The second-order valence-electron chi connectivity index (χ2n) is 4.23. The molecule has 3 aromatic rings. The summed E-state index contributed by atoms with van der Waals surface area (Å²) in [7, 11) is 0. The quantitative estimate of drug-likeness (QED) is 0.729. The van der Waals surface area contributed by atoms with Gasteiger partial charge < -0.3 is 9.52 Å². The third-order valence-corrected chi connectivity index (χ3v) is 3.49. The largest absolute Gasteiger partial charge is 0.454 e. The molecule has 0 atom stereocenters. The van der Waals surface area contributed by atoms with E-state index in [4.69, 9.17) is 27.6 Å². The summed E-state index contributed by atoms with van der Waals surface area (Å²) in [6, 6.07) is 12.9. The Morgan fingerprint density at radius 2 is 1.84 bits per heavy atom. The minimum atomic E-state index is -0.0400. The van der Waals surface area contributed by atoms with E-state index < -0.39 is 0 Å². The molecule has 1 heterocycles. The van der Waals surface area contributed by atoms with Crippen LogP contribution in [0.2, 0.25) is 10.0 Å². The number of aliphatic hydroxyl groups excluding tert-OH is 1. The molecule has 0 amide bonds. The summed E-state index contributed by atoms with van der Waals surface area (Å²) in [6.07, 6.45) is 0. The van der Waals surface area contributed by atoms with Crippen molar-refractivity contribution in [3.63, 3.8) is 0 Å². The van der Waals surface area contributed by atoms with Crippen LogP contribution in [0.25, 0.3) is 22.3 Å². The normalized spacial score (nSPS) is 11.1. The minimum Gasteiger partial charge on any atom is -0.454 e. The zero-order chi connectivity index (χ0) is 13.4. The van der Waals surface area contributed by atoms with E-state index in [0.29, 0.717) is 21.4 Å². The lowest BCUT2D eigenvalue weighted by Crippen LogP contribution is -1.86. The smallest absolute Gasteiger partial charge is 0.153 e. The van der Waals surface area contributed by atoms with E-state index in [1.165, 1.54) is 0 Å². The van der Waals surface area contributed by atoms with Crippen LogP contribution in [-0.4, -0.2) is 5.11 Å². The highest BCUT2D eigenvalue weighted by molar-refractivity contribution is 6.38. The fraction of sp³-hybridized carbons (Fsp3) is 0.0667. The standard InChI is InChI=1S/C15H10Cl2O2/c16-11-5-10-6-14(19-15(10)13(17)7-11)12-4-2-1-3-9(12)8-18/h1-7,18H,8H2. The summed E-state index contributed by atoms with van der Waals surface area (Å²) in [5, 5.41) is 11.3. The van der Waals surface area contributed by atoms with Gasteiger partial charge in [0.15, 0.2) is 5.58 Å². The maximum Gasteiger partial charge on any atom is 0.153 e. The Hall–Kier alpha value is -1.48. The number of furan rings is 1. The first-order chi connectivity index (χ1) is 9.19. The monoisotopic (exact) mass is 292 g/mol. The summed E-state index contributed by atoms with van der Waals surface area (Å²) in [6.45, 7) is -0.0400. The van der Waals surface area contributed by atoms with E-state index in [-0.39, 0.29) is 6.61 Å². The van der Waals surface area contributed by atoms with Gasteiger partial charge in [-0.05, 0) is 23.8 Å². The van der Waals surface area contributed by atoms with Gasteiger partial charge in [-0.2, -0.15) is 0 Å². The molecule has 0 aliphatic heterocycles. The molecule has 1 N–H and O–H groups in total. The first kappa shape index (κ1) is 12.5. The van der Waals surface area contributed by atoms with Crippen molar-refractivity contribution in [2.45, 2.75) is 6.61 Å². The summed E-state index contributed by atoms with van der Waals surface area (Å²) in [5.41, 5.74) is 2.27. The van der Waals surface area contributed by atoms with Crippen LogP contribution in [0.1, 0.15) is 5.56 Å². The Morgan fingerprint density at radius 3 is 2.63 bits per heavy atom. The molecule has 2 aromatic carbocycles. The highest BCUT2D eigenvalue weighted by Gasteiger charge is 2.12. The Morgan fingerprint density at radius 1 is 1.05 bits per heavy atom. The van der Waals surface area contributed by atoms with Gasteiger partial charge in [0, 0.05) is 16.0 Å². The first-order valence-electron chi connectivity index (χ1n) is 5.77. The van der Waals surface area contributed by atoms with Crippen molar-refractivity contribution < 1.29 is 9.52 Å². The number of hydrogen-bond acceptors (Lipinski definition) is 2. The van der Waals surface area contributed by atoms with Crippen molar-refractivity contribution in [1.82, 2.24) is 0 Å². The lowest BCUT2D eigenvalue weighted by molar-refractivity contribution is 0.282. The molecule has 2 nitrogen and oxygen atoms in total. The van der Waals surface area contributed by atoms with Gasteiger partial charge >= 0.3 is 0 Å². The molecular weight excluding hydrogens is 283 g/mol. The highest BCUT2D eigenvalue weighted by atomic mass is 35.5. The van der Waals surface area contributed by atoms with Crippen molar-refractivity contribution in [3.8, 4) is 11.3 Å². The maximum absolute atomic E-state index is 9.36. The van der Waals surface area contributed by atoms with Crippen molar-refractivity contribution in [2.24, 2.45) is 0 Å². The number of hydrogen-bond donors (Lipinski definition) is 1. The van der Waals surface area contributed by atoms with Crippen molar-refractivity contribution in [3.05, 3.63) is 58.1 Å². The molecule has 0 unspecified atom stereocenters. The first-order valence-corrected chi connectivity index (χ1v) is 6.52. The van der Waals surface area contributed by atoms with Crippen molar-refractivity contribution >= 4 is 34.2 Å².